The molecule has 21 heavy (non-hydrogen) atoms. The molecule has 7 heteroatoms. The highest BCUT2D eigenvalue weighted by Crippen LogP contribution is 2.30. The zero-order chi connectivity index (χ0) is 14.8. The molecule has 0 aliphatic carbocycles. The van der Waals surface area contributed by atoms with Crippen LogP contribution in [0.25, 0.3) is 0 Å². The molecule has 4 nitrogen and oxygen atoms in total. The standard InChI is InChI=1S/C14H19Cl2N3O.ClH/c1-14(8-17)5-6-19(9-14)7-12(20)18-13-10(15)3-2-4-11(13)16;/h2-4H,5-9,17H2,1H3,(H,18,20);1H. The molecule has 1 saturated heterocycles. The molecule has 0 bridgehead atoms. The molecule has 1 amide bonds. The first-order chi connectivity index (χ1) is 9.43. The van der Waals surface area contributed by atoms with Gasteiger partial charge in [-0.2, -0.15) is 0 Å². The quantitative estimate of drug-likeness (QED) is 0.875. The van der Waals surface area contributed by atoms with Crippen LogP contribution in [-0.4, -0.2) is 37.0 Å². The number of hydrogen-bond donors (Lipinski definition) is 2. The first-order valence-corrected chi connectivity index (χ1v) is 7.35. The van der Waals surface area contributed by atoms with Gasteiger partial charge in [0.2, 0.25) is 5.91 Å². The van der Waals surface area contributed by atoms with Crippen LogP contribution >= 0.6 is 35.6 Å². The summed E-state index contributed by atoms with van der Waals surface area (Å²) in [6, 6.07) is 5.14. The van der Waals surface area contributed by atoms with Gasteiger partial charge in [0.05, 0.1) is 22.3 Å². The normalized spacial score (nSPS) is 21.9. The van der Waals surface area contributed by atoms with Crippen molar-refractivity contribution < 1.29 is 4.79 Å². The van der Waals surface area contributed by atoms with Gasteiger partial charge < -0.3 is 11.1 Å². The highest BCUT2D eigenvalue weighted by atomic mass is 35.5. The van der Waals surface area contributed by atoms with Crippen LogP contribution in [-0.2, 0) is 4.79 Å². The molecule has 1 heterocycles. The molecule has 0 spiro atoms. The maximum atomic E-state index is 12.1. The molecule has 1 aromatic carbocycles. The van der Waals surface area contributed by atoms with E-state index < -0.39 is 0 Å². The lowest BCUT2D eigenvalue weighted by Crippen LogP contribution is -2.35. The molecule has 0 aromatic heterocycles. The van der Waals surface area contributed by atoms with E-state index >= 15 is 0 Å². The molecule has 2 rings (SSSR count). The Morgan fingerprint density at radius 3 is 2.57 bits per heavy atom. The van der Waals surface area contributed by atoms with Crippen molar-refractivity contribution in [2.45, 2.75) is 13.3 Å². The Balaban J connectivity index is 0.00000220. The number of nitrogens with two attached hydrogens (primary N) is 1. The predicted molar refractivity (Wildman–Crippen MR) is 90.6 cm³/mol. The smallest absolute Gasteiger partial charge is 0.238 e. The molecule has 1 aliphatic rings. The summed E-state index contributed by atoms with van der Waals surface area (Å²) in [5, 5.41) is 3.66. The van der Waals surface area contributed by atoms with Crippen LogP contribution in [0.15, 0.2) is 18.2 Å². The minimum atomic E-state index is -0.110. The molecule has 1 aliphatic heterocycles. The van der Waals surface area contributed by atoms with E-state index in [0.29, 0.717) is 28.8 Å². The van der Waals surface area contributed by atoms with E-state index in [0.717, 1.165) is 19.5 Å². The van der Waals surface area contributed by atoms with Crippen molar-refractivity contribution in [2.75, 3.05) is 31.5 Å². The van der Waals surface area contributed by atoms with E-state index in [1.54, 1.807) is 18.2 Å². The average molecular weight is 353 g/mol. The number of carbonyl (C=O) groups is 1. The molecule has 1 unspecified atom stereocenters. The van der Waals surface area contributed by atoms with Gasteiger partial charge in [0, 0.05) is 6.54 Å². The summed E-state index contributed by atoms with van der Waals surface area (Å²) >= 11 is 12.1. The predicted octanol–water partition coefficient (Wildman–Crippen LogP) is 3.02. The summed E-state index contributed by atoms with van der Waals surface area (Å²) in [6.45, 7) is 4.85. The molecular formula is C14H20Cl3N3O. The van der Waals surface area contributed by atoms with Gasteiger partial charge in [-0.05, 0) is 37.1 Å². The van der Waals surface area contributed by atoms with Gasteiger partial charge in [0.15, 0.2) is 0 Å². The third-order valence-corrected chi connectivity index (χ3v) is 4.35. The fraction of sp³-hybridized carbons (Fsp3) is 0.500. The second-order valence-electron chi connectivity index (χ2n) is 5.62. The van der Waals surface area contributed by atoms with Crippen molar-refractivity contribution in [1.29, 1.82) is 0 Å². The highest BCUT2D eigenvalue weighted by molar-refractivity contribution is 6.39. The summed E-state index contributed by atoms with van der Waals surface area (Å²) < 4.78 is 0. The first kappa shape index (κ1) is 18.5. The Morgan fingerprint density at radius 1 is 1.43 bits per heavy atom. The van der Waals surface area contributed by atoms with Crippen LogP contribution in [0.5, 0.6) is 0 Å². The topological polar surface area (TPSA) is 58.4 Å². The van der Waals surface area contributed by atoms with Gasteiger partial charge in [-0.15, -0.1) is 12.4 Å². The number of carbonyl (C=O) groups excluding carboxylic acids is 1. The van der Waals surface area contributed by atoms with E-state index in [1.165, 1.54) is 0 Å². The van der Waals surface area contributed by atoms with Gasteiger partial charge in [0.25, 0.3) is 0 Å². The number of nitrogens with one attached hydrogen (secondary N) is 1. The number of halogens is 3. The van der Waals surface area contributed by atoms with Crippen molar-refractivity contribution in [3.8, 4) is 0 Å². The van der Waals surface area contributed by atoms with Crippen LogP contribution < -0.4 is 11.1 Å². The summed E-state index contributed by atoms with van der Waals surface area (Å²) in [5.41, 5.74) is 6.35. The van der Waals surface area contributed by atoms with Crippen LogP contribution in [0.4, 0.5) is 5.69 Å². The maximum Gasteiger partial charge on any atom is 0.238 e. The van der Waals surface area contributed by atoms with Crippen molar-refractivity contribution in [3.05, 3.63) is 28.2 Å². The average Bonchev–Trinajstić information content (AvgIpc) is 2.76. The number of benzene rings is 1. The van der Waals surface area contributed by atoms with Crippen LogP contribution in [0, 0.1) is 5.41 Å². The van der Waals surface area contributed by atoms with Gasteiger partial charge in [-0.1, -0.05) is 36.2 Å². The van der Waals surface area contributed by atoms with Gasteiger partial charge in [-0.25, -0.2) is 0 Å². The number of rotatable bonds is 4. The van der Waals surface area contributed by atoms with E-state index in [-0.39, 0.29) is 23.7 Å². The van der Waals surface area contributed by atoms with E-state index in [4.69, 9.17) is 28.9 Å². The Kier molecular flexibility index (Phi) is 6.75. The van der Waals surface area contributed by atoms with Gasteiger partial charge in [-0.3, -0.25) is 9.69 Å². The number of amides is 1. The molecule has 0 saturated carbocycles. The lowest BCUT2D eigenvalue weighted by molar-refractivity contribution is -0.117. The molecule has 1 atom stereocenters. The lowest BCUT2D eigenvalue weighted by atomic mass is 9.90. The summed E-state index contributed by atoms with van der Waals surface area (Å²) in [6.07, 6.45) is 1.02. The minimum Gasteiger partial charge on any atom is -0.330 e. The van der Waals surface area contributed by atoms with Crippen molar-refractivity contribution in [3.63, 3.8) is 0 Å². The number of likely N-dealkylation sites (tertiary alicyclic amines) is 1. The van der Waals surface area contributed by atoms with E-state index in [9.17, 15) is 4.79 Å². The van der Waals surface area contributed by atoms with Gasteiger partial charge >= 0.3 is 0 Å². The SMILES string of the molecule is CC1(CN)CCN(CC(=O)Nc2c(Cl)cccc2Cl)C1.Cl. The van der Waals surface area contributed by atoms with E-state index in [1.807, 2.05) is 0 Å². The number of nitrogens with zero attached hydrogens (tertiary/aromatic N) is 1. The fourth-order valence-corrected chi connectivity index (χ4v) is 2.92. The molecular weight excluding hydrogens is 333 g/mol. The third kappa shape index (κ3) is 4.73. The molecule has 1 fully saturated rings. The Labute approximate surface area is 141 Å². The fourth-order valence-electron chi connectivity index (χ4n) is 2.43. The molecule has 118 valence electrons. The van der Waals surface area contributed by atoms with Crippen LogP contribution in [0.1, 0.15) is 13.3 Å². The minimum absolute atomic E-state index is 0. The molecule has 0 radical (unpaired) electrons. The Hall–Kier alpha value is -0.520. The van der Waals surface area contributed by atoms with Crippen LogP contribution in [0.3, 0.4) is 0 Å². The summed E-state index contributed by atoms with van der Waals surface area (Å²) in [7, 11) is 0. The monoisotopic (exact) mass is 351 g/mol. The number of para-hydroxylation sites is 1. The van der Waals surface area contributed by atoms with Crippen molar-refractivity contribution in [2.24, 2.45) is 11.1 Å². The van der Waals surface area contributed by atoms with Crippen molar-refractivity contribution >= 4 is 47.2 Å². The molecule has 1 aromatic rings. The second kappa shape index (κ2) is 7.65. The molecule has 3 N–H and O–H groups in total. The number of anilines is 1. The highest BCUT2D eigenvalue weighted by Gasteiger charge is 2.33. The number of hydrogen-bond acceptors (Lipinski definition) is 3. The van der Waals surface area contributed by atoms with Crippen molar-refractivity contribution in [1.82, 2.24) is 4.90 Å². The van der Waals surface area contributed by atoms with Gasteiger partial charge in [0.1, 0.15) is 0 Å². The third-order valence-electron chi connectivity index (χ3n) is 3.72. The van der Waals surface area contributed by atoms with Crippen LogP contribution in [0.2, 0.25) is 10.0 Å². The first-order valence-electron chi connectivity index (χ1n) is 6.60. The zero-order valence-corrected chi connectivity index (χ0v) is 14.2. The lowest BCUT2D eigenvalue weighted by Gasteiger charge is -2.22. The second-order valence-corrected chi connectivity index (χ2v) is 6.43. The largest absolute Gasteiger partial charge is 0.330 e. The Morgan fingerprint density at radius 2 is 2.05 bits per heavy atom. The zero-order valence-electron chi connectivity index (χ0n) is 11.9. The van der Waals surface area contributed by atoms with E-state index in [2.05, 4.69) is 17.1 Å². The maximum absolute atomic E-state index is 12.1. The summed E-state index contributed by atoms with van der Waals surface area (Å²) in [5.74, 6) is -0.110. The summed E-state index contributed by atoms with van der Waals surface area (Å²) in [4.78, 5) is 14.2. The Bertz CT molecular complexity index is 492.